The second-order valence-corrected chi connectivity index (χ2v) is 3.77. The molecule has 0 aliphatic rings. The van der Waals surface area contributed by atoms with Crippen molar-refractivity contribution in [2.75, 3.05) is 11.4 Å². The summed E-state index contributed by atoms with van der Waals surface area (Å²) < 4.78 is 0. The highest BCUT2D eigenvalue weighted by atomic mass is 16.4. The molecular formula is C12H11N3O4. The van der Waals surface area contributed by atoms with E-state index < -0.39 is 18.4 Å². The third kappa shape index (κ3) is 2.89. The molecule has 19 heavy (non-hydrogen) atoms. The molecule has 98 valence electrons. The topological polar surface area (TPSA) is 107 Å². The maximum atomic E-state index is 12.2. The van der Waals surface area contributed by atoms with Gasteiger partial charge in [-0.2, -0.15) is 0 Å². The molecule has 0 saturated carbocycles. The minimum absolute atomic E-state index is 0.0352. The van der Waals surface area contributed by atoms with Gasteiger partial charge < -0.3 is 15.2 Å². The Kier molecular flexibility index (Phi) is 3.46. The monoisotopic (exact) mass is 261 g/mol. The summed E-state index contributed by atoms with van der Waals surface area (Å²) in [6.07, 6.45) is 2.65. The van der Waals surface area contributed by atoms with E-state index in [9.17, 15) is 14.7 Å². The zero-order valence-electron chi connectivity index (χ0n) is 9.78. The van der Waals surface area contributed by atoms with Crippen LogP contribution in [0.25, 0.3) is 0 Å². The van der Waals surface area contributed by atoms with Crippen molar-refractivity contribution in [2.45, 2.75) is 0 Å². The molecule has 7 heteroatoms. The summed E-state index contributed by atoms with van der Waals surface area (Å²) in [7, 11) is 0. The molecule has 0 saturated heterocycles. The fourth-order valence-electron chi connectivity index (χ4n) is 1.57. The quantitative estimate of drug-likeness (QED) is 0.756. The van der Waals surface area contributed by atoms with Gasteiger partial charge in [-0.15, -0.1) is 0 Å². The van der Waals surface area contributed by atoms with Crippen molar-refractivity contribution in [3.05, 3.63) is 42.5 Å². The van der Waals surface area contributed by atoms with E-state index in [1.807, 2.05) is 0 Å². The first kappa shape index (κ1) is 12.6. The smallest absolute Gasteiger partial charge is 0.323 e. The van der Waals surface area contributed by atoms with Crippen molar-refractivity contribution in [3.8, 4) is 5.75 Å². The van der Waals surface area contributed by atoms with Crippen LogP contribution in [-0.4, -0.2) is 38.6 Å². The number of imidazole rings is 1. The van der Waals surface area contributed by atoms with Gasteiger partial charge in [0.25, 0.3) is 5.91 Å². The van der Waals surface area contributed by atoms with Crippen molar-refractivity contribution >= 4 is 17.6 Å². The first-order valence-corrected chi connectivity index (χ1v) is 5.39. The third-order valence-electron chi connectivity index (χ3n) is 2.43. The Labute approximate surface area is 108 Å². The van der Waals surface area contributed by atoms with Crippen LogP contribution in [0.5, 0.6) is 5.75 Å². The lowest BCUT2D eigenvalue weighted by molar-refractivity contribution is -0.135. The average molecular weight is 261 g/mol. The summed E-state index contributed by atoms with van der Waals surface area (Å²) in [5, 5.41) is 18.1. The normalized spacial score (nSPS) is 10.1. The number of phenols is 1. The largest absolute Gasteiger partial charge is 0.508 e. The van der Waals surface area contributed by atoms with E-state index in [0.717, 1.165) is 4.90 Å². The summed E-state index contributed by atoms with van der Waals surface area (Å²) in [5.74, 6) is -1.61. The fourth-order valence-corrected chi connectivity index (χ4v) is 1.57. The van der Waals surface area contributed by atoms with Gasteiger partial charge in [-0.3, -0.25) is 14.5 Å². The van der Waals surface area contributed by atoms with Crippen LogP contribution in [0.3, 0.4) is 0 Å². The van der Waals surface area contributed by atoms with E-state index in [2.05, 4.69) is 9.97 Å². The fraction of sp³-hybridized carbons (Fsp3) is 0.0833. The van der Waals surface area contributed by atoms with E-state index in [0.29, 0.717) is 5.69 Å². The highest BCUT2D eigenvalue weighted by Gasteiger charge is 2.21. The highest BCUT2D eigenvalue weighted by molar-refractivity contribution is 6.06. The number of aliphatic carboxylic acids is 1. The second-order valence-electron chi connectivity index (χ2n) is 3.77. The zero-order chi connectivity index (χ0) is 13.8. The van der Waals surface area contributed by atoms with Crippen LogP contribution >= 0.6 is 0 Å². The van der Waals surface area contributed by atoms with Crippen LogP contribution < -0.4 is 4.90 Å². The molecule has 1 heterocycles. The number of aromatic nitrogens is 2. The van der Waals surface area contributed by atoms with Gasteiger partial charge in [-0.1, -0.05) is 0 Å². The summed E-state index contributed by atoms with van der Waals surface area (Å²) in [6.45, 7) is -0.484. The van der Waals surface area contributed by atoms with Crippen molar-refractivity contribution in [1.82, 2.24) is 9.97 Å². The Balaban J connectivity index is 2.33. The number of nitrogens with zero attached hydrogens (tertiary/aromatic N) is 2. The van der Waals surface area contributed by atoms with Crippen LogP contribution in [0, 0.1) is 0 Å². The average Bonchev–Trinajstić information content (AvgIpc) is 2.90. The number of anilines is 1. The SMILES string of the molecule is O=C(O)CN(C(=O)c1cnc[nH]1)c1ccc(O)cc1. The summed E-state index contributed by atoms with van der Waals surface area (Å²) in [5.41, 5.74) is 0.564. The van der Waals surface area contributed by atoms with E-state index in [4.69, 9.17) is 5.11 Å². The lowest BCUT2D eigenvalue weighted by Gasteiger charge is -2.20. The predicted molar refractivity (Wildman–Crippen MR) is 66.0 cm³/mol. The number of nitrogens with one attached hydrogen (secondary N) is 1. The maximum absolute atomic E-state index is 12.2. The molecular weight excluding hydrogens is 250 g/mol. The van der Waals surface area contributed by atoms with E-state index in [1.54, 1.807) is 0 Å². The molecule has 3 N–H and O–H groups in total. The number of phenolic OH excluding ortho intramolecular Hbond substituents is 1. The standard InChI is InChI=1S/C12H11N3O4/c16-9-3-1-8(2-4-9)15(6-11(17)18)12(19)10-5-13-7-14-10/h1-5,7,16H,6H2,(H,13,14)(H,17,18). The molecule has 2 aromatic rings. The molecule has 0 spiro atoms. The van der Waals surface area contributed by atoms with Crippen molar-refractivity contribution in [2.24, 2.45) is 0 Å². The predicted octanol–water partition coefficient (Wildman–Crippen LogP) is 0.847. The number of rotatable bonds is 4. The molecule has 0 unspecified atom stereocenters. The molecule has 0 aliphatic carbocycles. The number of benzene rings is 1. The van der Waals surface area contributed by atoms with Crippen molar-refractivity contribution in [1.29, 1.82) is 0 Å². The molecule has 1 amide bonds. The van der Waals surface area contributed by atoms with Gasteiger partial charge >= 0.3 is 5.97 Å². The van der Waals surface area contributed by atoms with Crippen LogP contribution in [0.2, 0.25) is 0 Å². The Hall–Kier alpha value is -2.83. The Morgan fingerprint density at radius 3 is 2.47 bits per heavy atom. The number of carbonyl (C=O) groups excluding carboxylic acids is 1. The minimum Gasteiger partial charge on any atom is -0.508 e. The maximum Gasteiger partial charge on any atom is 0.323 e. The van der Waals surface area contributed by atoms with Gasteiger partial charge in [0.05, 0.1) is 12.5 Å². The highest BCUT2D eigenvalue weighted by Crippen LogP contribution is 2.19. The van der Waals surface area contributed by atoms with Gasteiger partial charge in [0, 0.05) is 5.69 Å². The molecule has 2 rings (SSSR count). The zero-order valence-corrected chi connectivity index (χ0v) is 9.78. The third-order valence-corrected chi connectivity index (χ3v) is 2.43. The van der Waals surface area contributed by atoms with Crippen molar-refractivity contribution in [3.63, 3.8) is 0 Å². The number of aromatic hydroxyl groups is 1. The molecule has 0 radical (unpaired) electrons. The number of amides is 1. The number of H-pyrrole nitrogens is 1. The minimum atomic E-state index is -1.14. The van der Waals surface area contributed by atoms with E-state index >= 15 is 0 Å². The second kappa shape index (κ2) is 5.21. The van der Waals surface area contributed by atoms with Gasteiger partial charge in [0.1, 0.15) is 18.0 Å². The number of carboxylic acids is 1. The molecule has 0 bridgehead atoms. The summed E-state index contributed by atoms with van der Waals surface area (Å²) >= 11 is 0. The number of hydrogen-bond donors (Lipinski definition) is 3. The van der Waals surface area contributed by atoms with Crippen LogP contribution in [0.1, 0.15) is 10.5 Å². The van der Waals surface area contributed by atoms with Crippen LogP contribution in [0.4, 0.5) is 5.69 Å². The molecule has 0 atom stereocenters. The molecule has 0 aliphatic heterocycles. The number of carboxylic acid groups (broad SMARTS) is 1. The molecule has 1 aromatic heterocycles. The molecule has 7 nitrogen and oxygen atoms in total. The van der Waals surface area contributed by atoms with Gasteiger partial charge in [-0.05, 0) is 24.3 Å². The Morgan fingerprint density at radius 2 is 1.95 bits per heavy atom. The van der Waals surface area contributed by atoms with Gasteiger partial charge in [0.2, 0.25) is 0 Å². The first-order chi connectivity index (χ1) is 9.08. The van der Waals surface area contributed by atoms with Gasteiger partial charge in [-0.25, -0.2) is 4.98 Å². The number of aromatic amines is 1. The Bertz CT molecular complexity index is 578. The first-order valence-electron chi connectivity index (χ1n) is 5.39. The lowest BCUT2D eigenvalue weighted by Crippen LogP contribution is -2.35. The Morgan fingerprint density at radius 1 is 1.26 bits per heavy atom. The molecule has 1 aromatic carbocycles. The number of carbonyl (C=O) groups is 2. The van der Waals surface area contributed by atoms with E-state index in [-0.39, 0.29) is 11.4 Å². The lowest BCUT2D eigenvalue weighted by atomic mass is 10.2. The summed E-state index contributed by atoms with van der Waals surface area (Å²) in [4.78, 5) is 30.4. The molecule has 0 fully saturated rings. The van der Waals surface area contributed by atoms with E-state index in [1.165, 1.54) is 36.8 Å². The van der Waals surface area contributed by atoms with Crippen LogP contribution in [0.15, 0.2) is 36.8 Å². The van der Waals surface area contributed by atoms with Crippen LogP contribution in [-0.2, 0) is 4.79 Å². The summed E-state index contributed by atoms with van der Waals surface area (Å²) in [6, 6.07) is 5.69. The van der Waals surface area contributed by atoms with Gasteiger partial charge in [0.15, 0.2) is 0 Å². The number of hydrogen-bond acceptors (Lipinski definition) is 4. The van der Waals surface area contributed by atoms with Crippen molar-refractivity contribution < 1.29 is 19.8 Å².